The van der Waals surface area contributed by atoms with Crippen LogP contribution in [0.5, 0.6) is 6.01 Å². The molecule has 0 aromatic carbocycles. The number of nitrogens with one attached hydrogen (secondary N) is 1. The molecule has 1 aromatic heterocycles. The van der Waals surface area contributed by atoms with E-state index in [0.717, 1.165) is 13.0 Å². The SMILES string of the molecule is CCC1COC(C)CN1c1nc(NC)nc(OC)n1. The summed E-state index contributed by atoms with van der Waals surface area (Å²) in [6.07, 6.45) is 1.15. The Labute approximate surface area is 113 Å². The molecule has 2 unspecified atom stereocenters. The molecule has 0 amide bonds. The van der Waals surface area contributed by atoms with Gasteiger partial charge in [-0.2, -0.15) is 15.0 Å². The molecule has 0 bridgehead atoms. The van der Waals surface area contributed by atoms with Crippen LogP contribution in [-0.2, 0) is 4.74 Å². The van der Waals surface area contributed by atoms with E-state index in [0.29, 0.717) is 24.5 Å². The molecule has 7 heteroatoms. The Hall–Kier alpha value is -1.63. The zero-order valence-corrected chi connectivity index (χ0v) is 11.9. The number of methoxy groups -OCH3 is 1. The Morgan fingerprint density at radius 3 is 2.84 bits per heavy atom. The third-order valence-electron chi connectivity index (χ3n) is 3.21. The molecular weight excluding hydrogens is 246 g/mol. The summed E-state index contributed by atoms with van der Waals surface area (Å²) in [4.78, 5) is 15.0. The molecule has 1 aliphatic rings. The van der Waals surface area contributed by atoms with E-state index in [1.54, 1.807) is 14.2 Å². The standard InChI is InChI=1S/C12H21N5O2/c1-5-9-7-19-8(2)6-17(9)11-14-10(13-3)15-12(16-11)18-4/h8-9H,5-7H2,1-4H3,(H,13,14,15,16). The zero-order chi connectivity index (χ0) is 13.8. The first-order valence-corrected chi connectivity index (χ1v) is 6.54. The number of anilines is 2. The van der Waals surface area contributed by atoms with Crippen molar-refractivity contribution in [3.63, 3.8) is 0 Å². The normalized spacial score (nSPS) is 23.3. The molecular formula is C12H21N5O2. The maximum Gasteiger partial charge on any atom is 0.322 e. The smallest absolute Gasteiger partial charge is 0.322 e. The summed E-state index contributed by atoms with van der Waals surface area (Å²) in [6.45, 7) is 5.65. The van der Waals surface area contributed by atoms with Crippen molar-refractivity contribution < 1.29 is 9.47 Å². The molecule has 2 rings (SSSR count). The minimum Gasteiger partial charge on any atom is -0.467 e. The average molecular weight is 267 g/mol. The van der Waals surface area contributed by atoms with Crippen LogP contribution in [0.4, 0.5) is 11.9 Å². The van der Waals surface area contributed by atoms with E-state index in [1.165, 1.54) is 0 Å². The Kier molecular flexibility index (Phi) is 4.36. The van der Waals surface area contributed by atoms with Gasteiger partial charge in [0.25, 0.3) is 0 Å². The van der Waals surface area contributed by atoms with Crippen LogP contribution >= 0.6 is 0 Å². The van der Waals surface area contributed by atoms with Crippen LogP contribution in [0.1, 0.15) is 20.3 Å². The van der Waals surface area contributed by atoms with Gasteiger partial charge in [-0.3, -0.25) is 0 Å². The topological polar surface area (TPSA) is 72.4 Å². The van der Waals surface area contributed by atoms with Crippen molar-refractivity contribution in [1.29, 1.82) is 0 Å². The third kappa shape index (κ3) is 3.04. The molecule has 7 nitrogen and oxygen atoms in total. The van der Waals surface area contributed by atoms with E-state index in [9.17, 15) is 0 Å². The lowest BCUT2D eigenvalue weighted by atomic mass is 10.1. The second-order valence-electron chi connectivity index (χ2n) is 4.55. The van der Waals surface area contributed by atoms with Crippen LogP contribution in [0.2, 0.25) is 0 Å². The first-order valence-electron chi connectivity index (χ1n) is 6.54. The van der Waals surface area contributed by atoms with Gasteiger partial charge < -0.3 is 19.7 Å². The molecule has 1 aliphatic heterocycles. The summed E-state index contributed by atoms with van der Waals surface area (Å²) < 4.78 is 10.8. The van der Waals surface area contributed by atoms with Crippen molar-refractivity contribution in [3.05, 3.63) is 0 Å². The van der Waals surface area contributed by atoms with Crippen LogP contribution in [-0.4, -0.2) is 54.4 Å². The second kappa shape index (κ2) is 6.01. The van der Waals surface area contributed by atoms with Crippen molar-refractivity contribution in [3.8, 4) is 6.01 Å². The van der Waals surface area contributed by atoms with Gasteiger partial charge in [-0.05, 0) is 13.3 Å². The molecule has 0 saturated carbocycles. The van der Waals surface area contributed by atoms with E-state index in [4.69, 9.17) is 9.47 Å². The Morgan fingerprint density at radius 2 is 2.21 bits per heavy atom. The fraction of sp³-hybridized carbons (Fsp3) is 0.750. The molecule has 106 valence electrons. The van der Waals surface area contributed by atoms with Crippen LogP contribution < -0.4 is 15.0 Å². The summed E-state index contributed by atoms with van der Waals surface area (Å²) in [5.74, 6) is 1.15. The lowest BCUT2D eigenvalue weighted by molar-refractivity contribution is 0.0292. The highest BCUT2D eigenvalue weighted by molar-refractivity contribution is 5.39. The monoisotopic (exact) mass is 267 g/mol. The molecule has 2 heterocycles. The summed E-state index contributed by atoms with van der Waals surface area (Å²) in [7, 11) is 3.33. The lowest BCUT2D eigenvalue weighted by Crippen LogP contribution is -2.49. The quantitative estimate of drug-likeness (QED) is 0.869. The van der Waals surface area contributed by atoms with E-state index < -0.39 is 0 Å². The van der Waals surface area contributed by atoms with Gasteiger partial charge in [-0.25, -0.2) is 0 Å². The minimum absolute atomic E-state index is 0.170. The van der Waals surface area contributed by atoms with Gasteiger partial charge in [0.15, 0.2) is 0 Å². The maximum absolute atomic E-state index is 5.69. The highest BCUT2D eigenvalue weighted by atomic mass is 16.5. The number of hydrogen-bond donors (Lipinski definition) is 1. The van der Waals surface area contributed by atoms with Gasteiger partial charge in [-0.1, -0.05) is 6.92 Å². The van der Waals surface area contributed by atoms with E-state index in [-0.39, 0.29) is 12.1 Å². The second-order valence-corrected chi connectivity index (χ2v) is 4.55. The minimum atomic E-state index is 0.170. The van der Waals surface area contributed by atoms with Gasteiger partial charge >= 0.3 is 6.01 Å². The van der Waals surface area contributed by atoms with Crippen LogP contribution in [0.3, 0.4) is 0 Å². The van der Waals surface area contributed by atoms with Crippen molar-refractivity contribution >= 4 is 11.9 Å². The maximum atomic E-state index is 5.69. The first kappa shape index (κ1) is 13.8. The third-order valence-corrected chi connectivity index (χ3v) is 3.21. The highest BCUT2D eigenvalue weighted by Crippen LogP contribution is 2.22. The average Bonchev–Trinajstić information content (AvgIpc) is 2.46. The zero-order valence-electron chi connectivity index (χ0n) is 11.9. The number of nitrogens with zero attached hydrogens (tertiary/aromatic N) is 4. The van der Waals surface area contributed by atoms with E-state index >= 15 is 0 Å². The summed E-state index contributed by atoms with van der Waals surface area (Å²) in [5.41, 5.74) is 0. The molecule has 1 fully saturated rings. The van der Waals surface area contributed by atoms with Gasteiger partial charge in [0.1, 0.15) is 0 Å². The molecule has 0 radical (unpaired) electrons. The number of hydrogen-bond acceptors (Lipinski definition) is 7. The van der Waals surface area contributed by atoms with Crippen molar-refractivity contribution in [2.24, 2.45) is 0 Å². The fourth-order valence-corrected chi connectivity index (χ4v) is 2.10. The number of ether oxygens (including phenoxy) is 2. The Bertz CT molecular complexity index is 406. The number of morpholine rings is 1. The first-order chi connectivity index (χ1) is 9.17. The Morgan fingerprint density at radius 1 is 1.42 bits per heavy atom. The predicted molar refractivity (Wildman–Crippen MR) is 72.8 cm³/mol. The molecule has 1 N–H and O–H groups in total. The highest BCUT2D eigenvalue weighted by Gasteiger charge is 2.28. The molecule has 2 atom stereocenters. The van der Waals surface area contributed by atoms with Gasteiger partial charge in [0, 0.05) is 13.6 Å². The molecule has 1 saturated heterocycles. The van der Waals surface area contributed by atoms with Crippen molar-refractivity contribution in [2.75, 3.05) is 37.5 Å². The molecule has 0 spiro atoms. The van der Waals surface area contributed by atoms with E-state index in [1.807, 2.05) is 0 Å². The van der Waals surface area contributed by atoms with Gasteiger partial charge in [0.2, 0.25) is 11.9 Å². The summed E-state index contributed by atoms with van der Waals surface area (Å²) in [6, 6.07) is 0.608. The van der Waals surface area contributed by atoms with Crippen LogP contribution in [0.25, 0.3) is 0 Å². The Balaban J connectivity index is 2.31. The molecule has 0 aliphatic carbocycles. The predicted octanol–water partition coefficient (Wildman–Crippen LogP) is 0.926. The number of aromatic nitrogens is 3. The van der Waals surface area contributed by atoms with Crippen molar-refractivity contribution in [1.82, 2.24) is 15.0 Å². The largest absolute Gasteiger partial charge is 0.467 e. The summed E-state index contributed by atoms with van der Waals surface area (Å²) >= 11 is 0. The molecule has 19 heavy (non-hydrogen) atoms. The van der Waals surface area contributed by atoms with E-state index in [2.05, 4.69) is 39.0 Å². The number of rotatable bonds is 4. The van der Waals surface area contributed by atoms with Crippen molar-refractivity contribution in [2.45, 2.75) is 32.4 Å². The van der Waals surface area contributed by atoms with Gasteiger partial charge in [0.05, 0.1) is 25.9 Å². The fourth-order valence-electron chi connectivity index (χ4n) is 2.10. The molecule has 1 aromatic rings. The van der Waals surface area contributed by atoms with Crippen LogP contribution in [0, 0.1) is 0 Å². The summed E-state index contributed by atoms with van der Waals surface area (Å²) in [5, 5.41) is 2.93. The van der Waals surface area contributed by atoms with Crippen LogP contribution in [0.15, 0.2) is 0 Å². The van der Waals surface area contributed by atoms with Gasteiger partial charge in [-0.15, -0.1) is 0 Å². The lowest BCUT2D eigenvalue weighted by Gasteiger charge is -2.38.